The maximum absolute atomic E-state index is 12.6. The van der Waals surface area contributed by atoms with E-state index in [1.54, 1.807) is 0 Å². The Morgan fingerprint density at radius 1 is 1.17 bits per heavy atom. The molecule has 2 aromatic carbocycles. The van der Waals surface area contributed by atoms with Crippen molar-refractivity contribution in [3.63, 3.8) is 0 Å². The second kappa shape index (κ2) is 8.06. The van der Waals surface area contributed by atoms with Crippen LogP contribution >= 0.6 is 12.4 Å². The van der Waals surface area contributed by atoms with E-state index >= 15 is 0 Å². The number of nitrogens with one attached hydrogen (secondary N) is 2. The Morgan fingerprint density at radius 2 is 1.92 bits per heavy atom. The van der Waals surface area contributed by atoms with Gasteiger partial charge in [-0.05, 0) is 68.7 Å². The van der Waals surface area contributed by atoms with Gasteiger partial charge in [0.1, 0.15) is 5.75 Å². The van der Waals surface area contributed by atoms with Crippen LogP contribution in [0, 0.1) is 0 Å². The van der Waals surface area contributed by atoms with Gasteiger partial charge in [-0.25, -0.2) is 0 Å². The fraction of sp³-hybridized carbons (Fsp3) is 0.316. The van der Waals surface area contributed by atoms with Gasteiger partial charge in [0.25, 0.3) is 5.91 Å². The summed E-state index contributed by atoms with van der Waals surface area (Å²) in [5.41, 5.74) is 3.70. The van der Waals surface area contributed by atoms with E-state index < -0.39 is 0 Å². The Labute approximate surface area is 149 Å². The summed E-state index contributed by atoms with van der Waals surface area (Å²) in [6.45, 7) is 4.94. The van der Waals surface area contributed by atoms with Gasteiger partial charge in [-0.15, -0.1) is 12.4 Å². The highest BCUT2D eigenvalue weighted by Gasteiger charge is 2.17. The van der Waals surface area contributed by atoms with E-state index in [0.29, 0.717) is 0 Å². The SMILES string of the molecule is CC(C)Oc1ccc(NC(=O)c2cccc3c2CCCN3)cc1.Cl. The van der Waals surface area contributed by atoms with Crippen molar-refractivity contribution < 1.29 is 9.53 Å². The molecule has 2 N–H and O–H groups in total. The number of carbonyl (C=O) groups is 1. The van der Waals surface area contributed by atoms with Gasteiger partial charge in [0, 0.05) is 23.5 Å². The first-order valence-corrected chi connectivity index (χ1v) is 8.07. The van der Waals surface area contributed by atoms with Crippen LogP contribution in [0.4, 0.5) is 11.4 Å². The lowest BCUT2D eigenvalue weighted by molar-refractivity contribution is 0.102. The minimum atomic E-state index is -0.0666. The molecule has 0 spiro atoms. The zero-order valence-electron chi connectivity index (χ0n) is 14.0. The Hall–Kier alpha value is -2.20. The van der Waals surface area contributed by atoms with Crippen LogP contribution in [0.1, 0.15) is 36.2 Å². The summed E-state index contributed by atoms with van der Waals surface area (Å²) >= 11 is 0. The standard InChI is InChI=1S/C19H22N2O2.ClH/c1-13(2)23-15-10-8-14(9-11-15)21-19(22)17-5-3-7-18-16(17)6-4-12-20-18;/h3,5,7-11,13,20H,4,6,12H2,1-2H3,(H,21,22);1H. The number of ether oxygens (including phenoxy) is 1. The summed E-state index contributed by atoms with van der Waals surface area (Å²) in [5.74, 6) is 0.738. The highest BCUT2D eigenvalue weighted by molar-refractivity contribution is 6.06. The lowest BCUT2D eigenvalue weighted by Gasteiger charge is -2.20. The molecule has 0 fully saturated rings. The number of hydrogen-bond acceptors (Lipinski definition) is 3. The molecule has 24 heavy (non-hydrogen) atoms. The van der Waals surface area contributed by atoms with Crippen molar-refractivity contribution in [3.8, 4) is 5.75 Å². The van der Waals surface area contributed by atoms with Crippen molar-refractivity contribution in [2.75, 3.05) is 17.2 Å². The molecular formula is C19H23ClN2O2. The van der Waals surface area contributed by atoms with Crippen molar-refractivity contribution >= 4 is 29.7 Å². The molecule has 1 aliphatic rings. The van der Waals surface area contributed by atoms with Crippen molar-refractivity contribution in [3.05, 3.63) is 53.6 Å². The van der Waals surface area contributed by atoms with Gasteiger partial charge < -0.3 is 15.4 Å². The summed E-state index contributed by atoms with van der Waals surface area (Å²) in [5, 5.41) is 6.32. The predicted molar refractivity (Wildman–Crippen MR) is 101 cm³/mol. The molecule has 128 valence electrons. The molecule has 0 radical (unpaired) electrons. The number of rotatable bonds is 4. The van der Waals surface area contributed by atoms with Crippen LogP contribution in [0.2, 0.25) is 0 Å². The number of hydrogen-bond donors (Lipinski definition) is 2. The van der Waals surface area contributed by atoms with Gasteiger partial charge in [-0.1, -0.05) is 6.07 Å². The maximum Gasteiger partial charge on any atom is 0.256 e. The molecule has 0 atom stereocenters. The third-order valence-electron chi connectivity index (χ3n) is 3.82. The van der Waals surface area contributed by atoms with Crippen molar-refractivity contribution in [2.24, 2.45) is 0 Å². The van der Waals surface area contributed by atoms with E-state index in [9.17, 15) is 4.79 Å². The lowest BCUT2D eigenvalue weighted by atomic mass is 9.97. The monoisotopic (exact) mass is 346 g/mol. The molecule has 0 saturated heterocycles. The number of carbonyl (C=O) groups excluding carboxylic acids is 1. The van der Waals surface area contributed by atoms with E-state index in [1.807, 2.05) is 56.3 Å². The number of amides is 1. The van der Waals surface area contributed by atoms with Crippen molar-refractivity contribution in [1.29, 1.82) is 0 Å². The Bertz CT molecular complexity index is 699. The van der Waals surface area contributed by atoms with Crippen LogP contribution in [-0.2, 0) is 6.42 Å². The summed E-state index contributed by atoms with van der Waals surface area (Å²) in [6.07, 6.45) is 2.13. The molecule has 1 aliphatic heterocycles. The summed E-state index contributed by atoms with van der Waals surface area (Å²) in [6, 6.07) is 13.3. The lowest BCUT2D eigenvalue weighted by Crippen LogP contribution is -2.19. The molecule has 3 rings (SSSR count). The minimum Gasteiger partial charge on any atom is -0.491 e. The predicted octanol–water partition coefficient (Wildman–Crippen LogP) is 4.51. The molecule has 1 amide bonds. The number of halogens is 1. The first kappa shape index (κ1) is 18.1. The molecule has 0 saturated carbocycles. The topological polar surface area (TPSA) is 50.4 Å². The molecular weight excluding hydrogens is 324 g/mol. The van der Waals surface area contributed by atoms with Crippen LogP contribution in [0.5, 0.6) is 5.75 Å². The zero-order chi connectivity index (χ0) is 16.2. The molecule has 0 unspecified atom stereocenters. The van der Waals surface area contributed by atoms with Gasteiger partial charge in [0.15, 0.2) is 0 Å². The fourth-order valence-corrected chi connectivity index (χ4v) is 2.81. The van der Waals surface area contributed by atoms with E-state index in [0.717, 1.165) is 47.6 Å². The van der Waals surface area contributed by atoms with Crippen LogP contribution < -0.4 is 15.4 Å². The Kier molecular flexibility index (Phi) is 6.10. The van der Waals surface area contributed by atoms with Gasteiger partial charge in [0.2, 0.25) is 0 Å². The molecule has 5 heteroatoms. The molecule has 4 nitrogen and oxygen atoms in total. The minimum absolute atomic E-state index is 0. The van der Waals surface area contributed by atoms with E-state index in [2.05, 4.69) is 10.6 Å². The molecule has 0 aliphatic carbocycles. The summed E-state index contributed by atoms with van der Waals surface area (Å²) in [4.78, 5) is 12.6. The summed E-state index contributed by atoms with van der Waals surface area (Å²) < 4.78 is 5.61. The summed E-state index contributed by atoms with van der Waals surface area (Å²) in [7, 11) is 0. The van der Waals surface area contributed by atoms with Crippen LogP contribution in [-0.4, -0.2) is 18.6 Å². The van der Waals surface area contributed by atoms with Crippen molar-refractivity contribution in [1.82, 2.24) is 0 Å². The first-order chi connectivity index (χ1) is 11.1. The van der Waals surface area contributed by atoms with Gasteiger partial charge in [0.05, 0.1) is 6.10 Å². The first-order valence-electron chi connectivity index (χ1n) is 8.07. The third-order valence-corrected chi connectivity index (χ3v) is 3.82. The van der Waals surface area contributed by atoms with Crippen molar-refractivity contribution in [2.45, 2.75) is 32.8 Å². The smallest absolute Gasteiger partial charge is 0.256 e. The van der Waals surface area contributed by atoms with E-state index in [1.165, 1.54) is 0 Å². The van der Waals surface area contributed by atoms with E-state index in [4.69, 9.17) is 4.74 Å². The fourth-order valence-electron chi connectivity index (χ4n) is 2.81. The number of anilines is 2. The number of fused-ring (bicyclic) bond motifs is 1. The van der Waals surface area contributed by atoms with E-state index in [-0.39, 0.29) is 24.4 Å². The molecule has 2 aromatic rings. The van der Waals surface area contributed by atoms with Crippen LogP contribution in [0.3, 0.4) is 0 Å². The maximum atomic E-state index is 12.6. The van der Waals surface area contributed by atoms with Gasteiger partial charge in [-0.3, -0.25) is 4.79 Å². The highest BCUT2D eigenvalue weighted by Crippen LogP contribution is 2.26. The van der Waals surface area contributed by atoms with Crippen LogP contribution in [0.25, 0.3) is 0 Å². The normalized spacial score (nSPS) is 12.6. The second-order valence-corrected chi connectivity index (χ2v) is 6.01. The quantitative estimate of drug-likeness (QED) is 0.856. The second-order valence-electron chi connectivity index (χ2n) is 6.01. The number of benzene rings is 2. The zero-order valence-corrected chi connectivity index (χ0v) is 14.8. The molecule has 0 aromatic heterocycles. The van der Waals surface area contributed by atoms with Crippen LogP contribution in [0.15, 0.2) is 42.5 Å². The average molecular weight is 347 g/mol. The largest absolute Gasteiger partial charge is 0.491 e. The Balaban J connectivity index is 0.00000208. The van der Waals surface area contributed by atoms with Gasteiger partial charge in [-0.2, -0.15) is 0 Å². The van der Waals surface area contributed by atoms with Gasteiger partial charge >= 0.3 is 0 Å². The average Bonchev–Trinajstić information content (AvgIpc) is 2.55. The highest BCUT2D eigenvalue weighted by atomic mass is 35.5. The Morgan fingerprint density at radius 3 is 2.62 bits per heavy atom. The third kappa shape index (κ3) is 4.20. The molecule has 0 bridgehead atoms. The molecule has 1 heterocycles.